The Morgan fingerprint density at radius 2 is 1.86 bits per heavy atom. The van der Waals surface area contributed by atoms with Crippen LogP contribution in [0.3, 0.4) is 0 Å². The lowest BCUT2D eigenvalue weighted by Gasteiger charge is -2.37. The molecule has 2 rings (SSSR count). The number of nitriles is 1. The second-order valence-corrected chi connectivity index (χ2v) is 7.61. The summed E-state index contributed by atoms with van der Waals surface area (Å²) in [6.07, 6.45) is 5.36. The van der Waals surface area contributed by atoms with E-state index in [1.807, 2.05) is 18.2 Å². The maximum absolute atomic E-state index is 9.00. The number of hydrogen-bond acceptors (Lipinski definition) is 2. The van der Waals surface area contributed by atoms with Crippen molar-refractivity contribution in [3.63, 3.8) is 0 Å². The molecule has 0 aromatic heterocycles. The van der Waals surface area contributed by atoms with Crippen LogP contribution in [-0.4, -0.2) is 6.54 Å². The third kappa shape index (κ3) is 4.24. The van der Waals surface area contributed by atoms with Crippen LogP contribution in [0, 0.1) is 35.5 Å². The van der Waals surface area contributed by atoms with E-state index in [2.05, 4.69) is 39.1 Å². The van der Waals surface area contributed by atoms with Crippen LogP contribution in [0.1, 0.15) is 57.6 Å². The van der Waals surface area contributed by atoms with Gasteiger partial charge in [0.05, 0.1) is 11.6 Å². The monoisotopic (exact) mass is 284 g/mol. The normalized spacial score (nSPS) is 22.6. The van der Waals surface area contributed by atoms with Gasteiger partial charge in [-0.05, 0) is 67.6 Å². The maximum Gasteiger partial charge on any atom is 0.0992 e. The summed E-state index contributed by atoms with van der Waals surface area (Å²) >= 11 is 0. The molecule has 2 nitrogen and oxygen atoms in total. The van der Waals surface area contributed by atoms with Gasteiger partial charge in [0.1, 0.15) is 0 Å². The van der Waals surface area contributed by atoms with Crippen LogP contribution in [0.25, 0.3) is 0 Å². The fraction of sp³-hybridized carbons (Fsp3) is 0.632. The van der Waals surface area contributed by atoms with Gasteiger partial charge in [0.25, 0.3) is 0 Å². The van der Waals surface area contributed by atoms with Gasteiger partial charge in [0.15, 0.2) is 0 Å². The van der Waals surface area contributed by atoms with Gasteiger partial charge in [-0.1, -0.05) is 26.8 Å². The summed E-state index contributed by atoms with van der Waals surface area (Å²) in [5, 5.41) is 12.6. The second-order valence-electron chi connectivity index (χ2n) is 7.61. The molecule has 1 aromatic rings. The van der Waals surface area contributed by atoms with Gasteiger partial charge in [0, 0.05) is 12.2 Å². The molecule has 21 heavy (non-hydrogen) atoms. The molecule has 114 valence electrons. The van der Waals surface area contributed by atoms with Gasteiger partial charge in [0.2, 0.25) is 0 Å². The van der Waals surface area contributed by atoms with Crippen LogP contribution in [0.15, 0.2) is 18.2 Å². The summed E-state index contributed by atoms with van der Waals surface area (Å²) in [6.45, 7) is 10.2. The lowest BCUT2D eigenvalue weighted by Crippen LogP contribution is -2.28. The van der Waals surface area contributed by atoms with Crippen LogP contribution < -0.4 is 5.32 Å². The molecular formula is C19H28N2. The molecular weight excluding hydrogens is 256 g/mol. The summed E-state index contributed by atoms with van der Waals surface area (Å²) in [5.74, 6) is 1.64. The van der Waals surface area contributed by atoms with E-state index in [0.717, 1.165) is 29.6 Å². The van der Waals surface area contributed by atoms with Gasteiger partial charge in [-0.2, -0.15) is 5.26 Å². The molecule has 0 radical (unpaired) electrons. The molecule has 0 unspecified atom stereocenters. The van der Waals surface area contributed by atoms with Crippen molar-refractivity contribution in [1.82, 2.24) is 0 Å². The number of hydrogen-bond donors (Lipinski definition) is 1. The topological polar surface area (TPSA) is 35.8 Å². The number of nitrogens with zero attached hydrogens (tertiary/aromatic N) is 1. The second kappa shape index (κ2) is 6.52. The number of anilines is 1. The summed E-state index contributed by atoms with van der Waals surface area (Å²) < 4.78 is 0. The average molecular weight is 284 g/mol. The quantitative estimate of drug-likeness (QED) is 0.835. The van der Waals surface area contributed by atoms with Crippen molar-refractivity contribution in [2.75, 3.05) is 11.9 Å². The van der Waals surface area contributed by atoms with Gasteiger partial charge >= 0.3 is 0 Å². The van der Waals surface area contributed by atoms with Crippen molar-refractivity contribution in [1.29, 1.82) is 5.26 Å². The minimum atomic E-state index is 0.454. The van der Waals surface area contributed by atoms with Gasteiger partial charge in [-0.25, -0.2) is 0 Å². The zero-order valence-corrected chi connectivity index (χ0v) is 13.9. The van der Waals surface area contributed by atoms with E-state index in [-0.39, 0.29) is 0 Å². The lowest BCUT2D eigenvalue weighted by molar-refractivity contribution is 0.153. The summed E-state index contributed by atoms with van der Waals surface area (Å²) in [4.78, 5) is 0. The standard InChI is InChI=1S/C19H28N2/c1-14-5-6-16(12-20)11-18(14)21-13-15-7-9-17(10-8-15)19(2,3)4/h5-6,11,15,17,21H,7-10,13H2,1-4H3. The molecule has 0 aliphatic heterocycles. The number of rotatable bonds is 3. The highest BCUT2D eigenvalue weighted by molar-refractivity contribution is 5.55. The van der Waals surface area contributed by atoms with E-state index >= 15 is 0 Å². The SMILES string of the molecule is Cc1ccc(C#N)cc1NCC1CCC(C(C)(C)C)CC1. The van der Waals surface area contributed by atoms with E-state index in [1.54, 1.807) is 0 Å². The highest BCUT2D eigenvalue weighted by atomic mass is 14.9. The molecule has 0 amide bonds. The Morgan fingerprint density at radius 1 is 1.19 bits per heavy atom. The van der Waals surface area contributed by atoms with E-state index < -0.39 is 0 Å². The Morgan fingerprint density at radius 3 is 2.43 bits per heavy atom. The first kappa shape index (κ1) is 15.9. The van der Waals surface area contributed by atoms with E-state index in [0.29, 0.717) is 5.41 Å². The Bertz CT molecular complexity index is 511. The van der Waals surface area contributed by atoms with Crippen molar-refractivity contribution < 1.29 is 0 Å². The third-order valence-corrected chi connectivity index (χ3v) is 5.02. The van der Waals surface area contributed by atoms with E-state index in [1.165, 1.54) is 31.2 Å². The maximum atomic E-state index is 9.00. The molecule has 1 aromatic carbocycles. The first-order valence-corrected chi connectivity index (χ1v) is 8.15. The highest BCUT2D eigenvalue weighted by Crippen LogP contribution is 2.39. The van der Waals surface area contributed by atoms with Crippen LogP contribution in [0.5, 0.6) is 0 Å². The molecule has 0 spiro atoms. The summed E-state index contributed by atoms with van der Waals surface area (Å²) in [6, 6.07) is 8.09. The van der Waals surface area contributed by atoms with Crippen molar-refractivity contribution in [3.8, 4) is 6.07 Å². The molecule has 1 fully saturated rings. The summed E-state index contributed by atoms with van der Waals surface area (Å²) in [5.41, 5.74) is 3.53. The fourth-order valence-electron chi connectivity index (χ4n) is 3.37. The predicted molar refractivity (Wildman–Crippen MR) is 89.3 cm³/mol. The Kier molecular flexibility index (Phi) is 4.93. The molecule has 1 aliphatic carbocycles. The van der Waals surface area contributed by atoms with Gasteiger partial charge in [-0.15, -0.1) is 0 Å². The Labute approximate surface area is 129 Å². The van der Waals surface area contributed by atoms with Gasteiger partial charge < -0.3 is 5.32 Å². The molecule has 1 N–H and O–H groups in total. The summed E-state index contributed by atoms with van der Waals surface area (Å²) in [7, 11) is 0. The number of nitrogens with one attached hydrogen (secondary N) is 1. The van der Waals surface area contributed by atoms with Crippen LogP contribution >= 0.6 is 0 Å². The zero-order chi connectivity index (χ0) is 15.5. The van der Waals surface area contributed by atoms with Crippen LogP contribution in [0.4, 0.5) is 5.69 Å². The molecule has 1 aliphatic rings. The fourth-order valence-corrected chi connectivity index (χ4v) is 3.37. The largest absolute Gasteiger partial charge is 0.385 e. The Hall–Kier alpha value is -1.49. The highest BCUT2D eigenvalue weighted by Gasteiger charge is 2.29. The minimum Gasteiger partial charge on any atom is -0.385 e. The molecule has 2 heteroatoms. The number of benzene rings is 1. The third-order valence-electron chi connectivity index (χ3n) is 5.02. The van der Waals surface area contributed by atoms with Gasteiger partial charge in [-0.3, -0.25) is 0 Å². The molecule has 0 bridgehead atoms. The van der Waals surface area contributed by atoms with Crippen molar-refractivity contribution >= 4 is 5.69 Å². The molecule has 0 heterocycles. The Balaban J connectivity index is 1.87. The van der Waals surface area contributed by atoms with E-state index in [9.17, 15) is 0 Å². The smallest absolute Gasteiger partial charge is 0.0992 e. The first-order chi connectivity index (χ1) is 9.90. The first-order valence-electron chi connectivity index (χ1n) is 8.15. The molecule has 1 saturated carbocycles. The molecule has 0 saturated heterocycles. The van der Waals surface area contributed by atoms with E-state index in [4.69, 9.17) is 5.26 Å². The minimum absolute atomic E-state index is 0.454. The van der Waals surface area contributed by atoms with Crippen molar-refractivity contribution in [3.05, 3.63) is 29.3 Å². The lowest BCUT2D eigenvalue weighted by atomic mass is 9.70. The molecule has 0 atom stereocenters. The zero-order valence-electron chi connectivity index (χ0n) is 13.9. The number of aryl methyl sites for hydroxylation is 1. The van der Waals surface area contributed by atoms with Crippen molar-refractivity contribution in [2.45, 2.75) is 53.4 Å². The predicted octanol–water partition coefficient (Wildman–Crippen LogP) is 5.13. The average Bonchev–Trinajstić information content (AvgIpc) is 2.46. The van der Waals surface area contributed by atoms with Crippen molar-refractivity contribution in [2.24, 2.45) is 17.3 Å². The van der Waals surface area contributed by atoms with Crippen LogP contribution in [-0.2, 0) is 0 Å². The van der Waals surface area contributed by atoms with Crippen LogP contribution in [0.2, 0.25) is 0 Å².